The highest BCUT2D eigenvalue weighted by molar-refractivity contribution is 5.94. The lowest BCUT2D eigenvalue weighted by molar-refractivity contribution is 0.0673. The van der Waals surface area contributed by atoms with E-state index in [9.17, 15) is 4.79 Å². The Morgan fingerprint density at radius 1 is 1.30 bits per heavy atom. The van der Waals surface area contributed by atoms with Crippen molar-refractivity contribution in [2.24, 2.45) is 7.05 Å². The minimum atomic E-state index is 0.0641. The van der Waals surface area contributed by atoms with Gasteiger partial charge in [-0.15, -0.1) is 0 Å². The Morgan fingerprint density at radius 3 is 2.65 bits per heavy atom. The lowest BCUT2D eigenvalue weighted by atomic mass is 9.97. The molecule has 122 valence electrons. The van der Waals surface area contributed by atoms with Crippen molar-refractivity contribution in [1.29, 1.82) is 0 Å². The van der Waals surface area contributed by atoms with Crippen molar-refractivity contribution in [1.82, 2.24) is 14.5 Å². The van der Waals surface area contributed by atoms with Crippen LogP contribution in [0.1, 0.15) is 38.8 Å². The molecule has 0 radical (unpaired) electrons. The van der Waals surface area contributed by atoms with Gasteiger partial charge in [-0.25, -0.2) is 4.98 Å². The van der Waals surface area contributed by atoms with Crippen LogP contribution in [0.4, 0.5) is 0 Å². The summed E-state index contributed by atoms with van der Waals surface area (Å²) < 4.78 is 7.39. The second kappa shape index (κ2) is 6.16. The fourth-order valence-corrected chi connectivity index (χ4v) is 3.50. The van der Waals surface area contributed by atoms with E-state index in [1.165, 1.54) is 5.69 Å². The quantitative estimate of drug-likeness (QED) is 0.874. The van der Waals surface area contributed by atoms with Crippen LogP contribution in [0, 0.1) is 13.8 Å². The summed E-state index contributed by atoms with van der Waals surface area (Å²) in [5.41, 5.74) is 5.11. The van der Waals surface area contributed by atoms with Crippen molar-refractivity contribution < 1.29 is 9.53 Å². The fraction of sp³-hybridized carbons (Fsp3) is 0.444. The molecule has 1 aliphatic rings. The van der Waals surface area contributed by atoms with E-state index in [0.29, 0.717) is 19.7 Å². The summed E-state index contributed by atoms with van der Waals surface area (Å²) in [7, 11) is 3.69. The smallest absolute Gasteiger partial charge is 0.254 e. The van der Waals surface area contributed by atoms with Gasteiger partial charge in [-0.2, -0.15) is 0 Å². The Bertz CT molecular complexity index is 716. The van der Waals surface area contributed by atoms with Crippen LogP contribution in [0.25, 0.3) is 0 Å². The summed E-state index contributed by atoms with van der Waals surface area (Å²) in [5, 5.41) is 0. The van der Waals surface area contributed by atoms with Crippen LogP contribution in [0.3, 0.4) is 0 Å². The number of amides is 1. The number of imidazole rings is 1. The molecule has 2 heterocycles. The molecule has 2 aromatic rings. The topological polar surface area (TPSA) is 47.4 Å². The number of hydrogen-bond donors (Lipinski definition) is 0. The van der Waals surface area contributed by atoms with Gasteiger partial charge in [0.15, 0.2) is 0 Å². The summed E-state index contributed by atoms with van der Waals surface area (Å²) in [5.74, 6) is 0.223. The average Bonchev–Trinajstić information content (AvgIpc) is 2.87. The average molecular weight is 313 g/mol. The van der Waals surface area contributed by atoms with Gasteiger partial charge < -0.3 is 14.2 Å². The molecule has 0 fully saturated rings. The van der Waals surface area contributed by atoms with Gasteiger partial charge in [-0.05, 0) is 26.0 Å². The van der Waals surface area contributed by atoms with Gasteiger partial charge in [0.05, 0.1) is 25.2 Å². The van der Waals surface area contributed by atoms with Crippen LogP contribution in [0.5, 0.6) is 0 Å². The summed E-state index contributed by atoms with van der Waals surface area (Å²) in [4.78, 5) is 19.3. The molecule has 1 aliphatic heterocycles. The number of hydrogen-bond acceptors (Lipinski definition) is 3. The minimum Gasteiger partial charge on any atom is -0.384 e. The van der Waals surface area contributed by atoms with E-state index in [-0.39, 0.29) is 11.8 Å². The molecule has 1 aromatic carbocycles. The fourth-order valence-electron chi connectivity index (χ4n) is 3.50. The molecule has 1 aromatic heterocycles. The third kappa shape index (κ3) is 3.01. The third-order valence-electron chi connectivity index (χ3n) is 4.35. The molecule has 1 amide bonds. The van der Waals surface area contributed by atoms with Crippen LogP contribution in [0.15, 0.2) is 24.5 Å². The molecule has 0 saturated carbocycles. The largest absolute Gasteiger partial charge is 0.384 e. The second-order valence-electron chi connectivity index (χ2n) is 6.40. The van der Waals surface area contributed by atoms with Crippen molar-refractivity contribution >= 4 is 5.91 Å². The second-order valence-corrected chi connectivity index (χ2v) is 6.40. The number of aryl methyl sites for hydroxylation is 3. The van der Waals surface area contributed by atoms with Gasteiger partial charge >= 0.3 is 0 Å². The number of rotatable bonds is 3. The lowest BCUT2D eigenvalue weighted by Crippen LogP contribution is -2.40. The van der Waals surface area contributed by atoms with Crippen LogP contribution in [-0.2, 0) is 18.3 Å². The minimum absolute atomic E-state index is 0.0641. The van der Waals surface area contributed by atoms with Crippen LogP contribution in [0.2, 0.25) is 0 Å². The third-order valence-corrected chi connectivity index (χ3v) is 4.35. The van der Waals surface area contributed by atoms with Crippen LogP contribution in [-0.4, -0.2) is 40.6 Å². The Labute approximate surface area is 136 Å². The van der Waals surface area contributed by atoms with Gasteiger partial charge in [0.25, 0.3) is 5.91 Å². The lowest BCUT2D eigenvalue weighted by Gasteiger charge is -2.32. The normalized spacial score (nSPS) is 17.2. The number of aromatic nitrogens is 2. The van der Waals surface area contributed by atoms with E-state index >= 15 is 0 Å². The first-order chi connectivity index (χ1) is 11.0. The molecule has 0 spiro atoms. The molecule has 23 heavy (non-hydrogen) atoms. The molecule has 3 rings (SSSR count). The number of nitrogens with zero attached hydrogens (tertiary/aromatic N) is 3. The van der Waals surface area contributed by atoms with Gasteiger partial charge in [0.1, 0.15) is 0 Å². The zero-order valence-corrected chi connectivity index (χ0v) is 14.2. The summed E-state index contributed by atoms with van der Waals surface area (Å²) in [6, 6.07) is 5.99. The van der Waals surface area contributed by atoms with Gasteiger partial charge in [0.2, 0.25) is 0 Å². The molecule has 0 bridgehead atoms. The van der Waals surface area contributed by atoms with E-state index < -0.39 is 0 Å². The summed E-state index contributed by atoms with van der Waals surface area (Å²) >= 11 is 0. The first-order valence-electron chi connectivity index (χ1n) is 7.86. The Hall–Kier alpha value is -2.14. The standard InChI is InChI=1S/C18H23N3O2/c1-12-5-13(2)7-14(6-12)18(22)21-8-15(10-23-4)17-16(9-21)19-11-20(17)3/h5-7,11,15H,8-10H2,1-4H3/t15-/m1/s1. The number of carbonyl (C=O) groups excluding carboxylic acids is 1. The molecule has 0 N–H and O–H groups in total. The van der Waals surface area contributed by atoms with Gasteiger partial charge in [-0.1, -0.05) is 17.2 Å². The van der Waals surface area contributed by atoms with Gasteiger partial charge in [0, 0.05) is 37.9 Å². The summed E-state index contributed by atoms with van der Waals surface area (Å²) in [6.07, 6.45) is 1.82. The number of ether oxygens (including phenoxy) is 1. The van der Waals surface area contributed by atoms with Crippen molar-refractivity contribution in [3.05, 3.63) is 52.6 Å². The first kappa shape index (κ1) is 15.7. The molecule has 5 heteroatoms. The molecular weight excluding hydrogens is 290 g/mol. The maximum atomic E-state index is 12.9. The van der Waals surface area contributed by atoms with Crippen LogP contribution >= 0.6 is 0 Å². The number of carbonyl (C=O) groups is 1. The molecule has 1 atom stereocenters. The Balaban J connectivity index is 1.90. The predicted octanol–water partition coefficient (Wildman–Crippen LogP) is 2.42. The molecular formula is C18H23N3O2. The highest BCUT2D eigenvalue weighted by Gasteiger charge is 2.31. The Morgan fingerprint density at radius 2 is 2.00 bits per heavy atom. The van der Waals surface area contributed by atoms with Crippen LogP contribution < -0.4 is 0 Å². The molecule has 5 nitrogen and oxygen atoms in total. The van der Waals surface area contributed by atoms with Crippen molar-refractivity contribution in [3.8, 4) is 0 Å². The maximum Gasteiger partial charge on any atom is 0.254 e. The predicted molar refractivity (Wildman–Crippen MR) is 88.5 cm³/mol. The van der Waals surface area contributed by atoms with E-state index in [1.807, 2.05) is 48.8 Å². The van der Waals surface area contributed by atoms with E-state index in [0.717, 1.165) is 22.4 Å². The first-order valence-corrected chi connectivity index (χ1v) is 7.86. The number of fused-ring (bicyclic) bond motifs is 1. The summed E-state index contributed by atoms with van der Waals surface area (Å²) in [6.45, 7) is 5.84. The monoisotopic (exact) mass is 313 g/mol. The van der Waals surface area contributed by atoms with Gasteiger partial charge in [-0.3, -0.25) is 4.79 Å². The molecule has 0 saturated heterocycles. The SMILES string of the molecule is COC[C@H]1CN(C(=O)c2cc(C)cc(C)c2)Cc2ncn(C)c21. The van der Waals surface area contributed by atoms with E-state index in [4.69, 9.17) is 4.74 Å². The van der Waals surface area contributed by atoms with Crippen molar-refractivity contribution in [2.75, 3.05) is 20.3 Å². The molecule has 0 unspecified atom stereocenters. The van der Waals surface area contributed by atoms with Crippen molar-refractivity contribution in [2.45, 2.75) is 26.3 Å². The zero-order valence-electron chi connectivity index (χ0n) is 14.2. The number of benzene rings is 1. The maximum absolute atomic E-state index is 12.9. The number of methoxy groups -OCH3 is 1. The highest BCUT2D eigenvalue weighted by Crippen LogP contribution is 2.28. The van der Waals surface area contributed by atoms with Crippen molar-refractivity contribution in [3.63, 3.8) is 0 Å². The van der Waals surface area contributed by atoms with E-state index in [1.54, 1.807) is 7.11 Å². The molecule has 0 aliphatic carbocycles. The Kier molecular flexibility index (Phi) is 4.22. The highest BCUT2D eigenvalue weighted by atomic mass is 16.5. The van der Waals surface area contributed by atoms with E-state index in [2.05, 4.69) is 11.1 Å². The zero-order chi connectivity index (χ0) is 16.6.